The van der Waals surface area contributed by atoms with Crippen molar-refractivity contribution in [3.05, 3.63) is 71.3 Å². The standard InChI is InChI=1S/C27H37N3O4/c1-18(2)28-24(31)23(21-15-11-12-19(3)16-21)30(7)25(32)22(17-20-13-9-8-10-14-20)29-26(33)34-27(4,5)6/h8-16,18,22-23H,17H2,1-7H3,(H,28,31)(H,29,33). The Labute approximate surface area is 202 Å². The van der Waals surface area contributed by atoms with Crippen molar-refractivity contribution in [1.29, 1.82) is 0 Å². The monoisotopic (exact) mass is 467 g/mol. The van der Waals surface area contributed by atoms with Crippen LogP contribution < -0.4 is 10.6 Å². The molecule has 2 N–H and O–H groups in total. The van der Waals surface area contributed by atoms with Crippen molar-refractivity contribution in [1.82, 2.24) is 15.5 Å². The van der Waals surface area contributed by atoms with Crippen LogP contribution >= 0.6 is 0 Å². The van der Waals surface area contributed by atoms with E-state index >= 15 is 0 Å². The SMILES string of the molecule is Cc1cccc(C(C(=O)NC(C)C)N(C)C(=O)C(Cc2ccccc2)NC(=O)OC(C)(C)C)c1. The number of likely N-dealkylation sites (N-methyl/N-ethyl adjacent to an activating group) is 1. The van der Waals surface area contributed by atoms with E-state index in [2.05, 4.69) is 10.6 Å². The third kappa shape index (κ3) is 8.21. The van der Waals surface area contributed by atoms with Crippen LogP contribution in [0.3, 0.4) is 0 Å². The summed E-state index contributed by atoms with van der Waals surface area (Å²) in [6, 6.07) is 15.1. The average molecular weight is 468 g/mol. The fraction of sp³-hybridized carbons (Fsp3) is 0.444. The van der Waals surface area contributed by atoms with Crippen LogP contribution in [0.5, 0.6) is 0 Å². The zero-order chi connectivity index (χ0) is 25.5. The first-order valence-corrected chi connectivity index (χ1v) is 11.5. The van der Waals surface area contributed by atoms with Crippen LogP contribution in [0.25, 0.3) is 0 Å². The normalized spacial score (nSPS) is 13.1. The third-order valence-corrected chi connectivity index (χ3v) is 5.04. The fourth-order valence-electron chi connectivity index (χ4n) is 3.63. The largest absolute Gasteiger partial charge is 0.444 e. The number of benzene rings is 2. The van der Waals surface area contributed by atoms with Crippen LogP contribution in [0.1, 0.15) is 57.4 Å². The van der Waals surface area contributed by atoms with Crippen molar-refractivity contribution in [3.8, 4) is 0 Å². The molecule has 0 bridgehead atoms. The van der Waals surface area contributed by atoms with Gasteiger partial charge in [0.2, 0.25) is 11.8 Å². The Morgan fingerprint density at radius 3 is 2.18 bits per heavy atom. The molecule has 2 rings (SSSR count). The Hall–Kier alpha value is -3.35. The second-order valence-electron chi connectivity index (χ2n) is 9.82. The predicted molar refractivity (Wildman–Crippen MR) is 133 cm³/mol. The summed E-state index contributed by atoms with van der Waals surface area (Å²) in [4.78, 5) is 40.9. The Morgan fingerprint density at radius 2 is 1.62 bits per heavy atom. The Kier molecular flexibility index (Phi) is 9.24. The minimum atomic E-state index is -0.915. The van der Waals surface area contributed by atoms with Gasteiger partial charge in [0.05, 0.1) is 0 Å². The van der Waals surface area contributed by atoms with Crippen molar-refractivity contribution in [3.63, 3.8) is 0 Å². The lowest BCUT2D eigenvalue weighted by atomic mass is 9.99. The minimum Gasteiger partial charge on any atom is -0.444 e. The van der Waals surface area contributed by atoms with Crippen molar-refractivity contribution in [2.45, 2.75) is 71.7 Å². The summed E-state index contributed by atoms with van der Waals surface area (Å²) < 4.78 is 5.40. The Morgan fingerprint density at radius 1 is 0.971 bits per heavy atom. The molecule has 184 valence electrons. The van der Waals surface area contributed by atoms with Gasteiger partial charge in [0, 0.05) is 19.5 Å². The summed E-state index contributed by atoms with van der Waals surface area (Å²) >= 11 is 0. The molecule has 2 aromatic rings. The molecule has 0 saturated heterocycles. The number of ether oxygens (including phenoxy) is 1. The van der Waals surface area contributed by atoms with E-state index < -0.39 is 23.8 Å². The van der Waals surface area contributed by atoms with E-state index in [4.69, 9.17) is 4.74 Å². The van der Waals surface area contributed by atoms with E-state index in [1.807, 2.05) is 75.4 Å². The number of aryl methyl sites for hydroxylation is 1. The summed E-state index contributed by atoms with van der Waals surface area (Å²) in [5.41, 5.74) is 1.85. The van der Waals surface area contributed by atoms with Gasteiger partial charge in [0.15, 0.2) is 0 Å². The first kappa shape index (κ1) is 26.9. The molecule has 7 heteroatoms. The molecule has 0 aliphatic carbocycles. The van der Waals surface area contributed by atoms with Gasteiger partial charge >= 0.3 is 6.09 Å². The molecule has 0 aliphatic heterocycles. The highest BCUT2D eigenvalue weighted by Crippen LogP contribution is 2.23. The van der Waals surface area contributed by atoms with Crippen LogP contribution in [0.15, 0.2) is 54.6 Å². The Bertz CT molecular complexity index is 983. The second kappa shape index (κ2) is 11.7. The summed E-state index contributed by atoms with van der Waals surface area (Å²) in [6.07, 6.45) is -0.427. The molecule has 0 saturated carbocycles. The number of hydrogen-bond acceptors (Lipinski definition) is 4. The first-order valence-electron chi connectivity index (χ1n) is 11.5. The molecule has 34 heavy (non-hydrogen) atoms. The highest BCUT2D eigenvalue weighted by molar-refractivity contribution is 5.92. The zero-order valence-electron chi connectivity index (χ0n) is 21.2. The third-order valence-electron chi connectivity index (χ3n) is 5.04. The topological polar surface area (TPSA) is 87.7 Å². The summed E-state index contributed by atoms with van der Waals surface area (Å²) in [5.74, 6) is -0.674. The van der Waals surface area contributed by atoms with Crippen LogP contribution in [-0.2, 0) is 20.7 Å². The van der Waals surface area contributed by atoms with Gasteiger partial charge in [0.1, 0.15) is 17.7 Å². The molecule has 0 radical (unpaired) electrons. The predicted octanol–water partition coefficient (Wildman–Crippen LogP) is 4.16. The maximum absolute atomic E-state index is 13.7. The zero-order valence-corrected chi connectivity index (χ0v) is 21.2. The van der Waals surface area contributed by atoms with Crippen LogP contribution in [0.2, 0.25) is 0 Å². The molecule has 7 nitrogen and oxygen atoms in total. The molecule has 3 amide bonds. The lowest BCUT2D eigenvalue weighted by molar-refractivity contribution is -0.141. The lowest BCUT2D eigenvalue weighted by Crippen LogP contribution is -2.53. The van der Waals surface area contributed by atoms with E-state index in [1.165, 1.54) is 4.90 Å². The number of carbonyl (C=O) groups excluding carboxylic acids is 3. The number of rotatable bonds is 8. The molecule has 2 atom stereocenters. The molecule has 0 aliphatic rings. The van der Waals surface area contributed by atoms with Gasteiger partial charge in [-0.15, -0.1) is 0 Å². The highest BCUT2D eigenvalue weighted by atomic mass is 16.6. The first-order chi connectivity index (χ1) is 15.9. The Balaban J connectivity index is 2.39. The molecule has 0 spiro atoms. The van der Waals surface area contributed by atoms with Gasteiger partial charge in [-0.1, -0.05) is 60.2 Å². The van der Waals surface area contributed by atoms with Gasteiger partial charge in [-0.25, -0.2) is 4.79 Å². The van der Waals surface area contributed by atoms with Crippen LogP contribution in [-0.4, -0.2) is 47.5 Å². The summed E-state index contributed by atoms with van der Waals surface area (Å²) in [6.45, 7) is 11.0. The van der Waals surface area contributed by atoms with Crippen molar-refractivity contribution >= 4 is 17.9 Å². The quantitative estimate of drug-likeness (QED) is 0.610. The average Bonchev–Trinajstić information content (AvgIpc) is 2.71. The fourth-order valence-corrected chi connectivity index (χ4v) is 3.63. The number of nitrogens with zero attached hydrogens (tertiary/aromatic N) is 1. The van der Waals surface area contributed by atoms with Gasteiger partial charge < -0.3 is 20.3 Å². The molecule has 0 aromatic heterocycles. The maximum atomic E-state index is 13.7. The minimum absolute atomic E-state index is 0.0942. The van der Waals surface area contributed by atoms with E-state index in [0.717, 1.165) is 11.1 Å². The van der Waals surface area contributed by atoms with Crippen LogP contribution in [0.4, 0.5) is 4.79 Å². The molecule has 2 aromatic carbocycles. The molecular weight excluding hydrogens is 430 g/mol. The second-order valence-corrected chi connectivity index (χ2v) is 9.82. The maximum Gasteiger partial charge on any atom is 0.408 e. The van der Waals surface area contributed by atoms with Crippen LogP contribution in [0, 0.1) is 6.92 Å². The molecule has 0 fully saturated rings. The lowest BCUT2D eigenvalue weighted by Gasteiger charge is -2.32. The van der Waals surface area contributed by atoms with Crippen molar-refractivity contribution in [2.24, 2.45) is 0 Å². The highest BCUT2D eigenvalue weighted by Gasteiger charge is 2.34. The number of amides is 3. The van der Waals surface area contributed by atoms with Gasteiger partial charge in [-0.3, -0.25) is 9.59 Å². The van der Waals surface area contributed by atoms with Gasteiger partial charge in [-0.2, -0.15) is 0 Å². The smallest absolute Gasteiger partial charge is 0.408 e. The summed E-state index contributed by atoms with van der Waals surface area (Å²) in [5, 5.41) is 5.63. The van der Waals surface area contributed by atoms with Crippen molar-refractivity contribution < 1.29 is 19.1 Å². The van der Waals surface area contributed by atoms with E-state index in [0.29, 0.717) is 5.56 Å². The number of nitrogens with one attached hydrogen (secondary N) is 2. The number of hydrogen-bond donors (Lipinski definition) is 2. The van der Waals surface area contributed by atoms with Gasteiger partial charge in [0.25, 0.3) is 0 Å². The number of carbonyl (C=O) groups is 3. The van der Waals surface area contributed by atoms with E-state index in [1.54, 1.807) is 27.8 Å². The summed E-state index contributed by atoms with van der Waals surface area (Å²) in [7, 11) is 1.59. The van der Waals surface area contributed by atoms with Gasteiger partial charge in [-0.05, 0) is 52.7 Å². The number of alkyl carbamates (subject to hydrolysis) is 1. The van der Waals surface area contributed by atoms with E-state index in [9.17, 15) is 14.4 Å². The molecule has 2 unspecified atom stereocenters. The molecule has 0 heterocycles. The van der Waals surface area contributed by atoms with Crippen molar-refractivity contribution in [2.75, 3.05) is 7.05 Å². The molecular formula is C27H37N3O4. The van der Waals surface area contributed by atoms with E-state index in [-0.39, 0.29) is 24.3 Å².